The summed E-state index contributed by atoms with van der Waals surface area (Å²) in [6.45, 7) is 3.83. The fourth-order valence-electron chi connectivity index (χ4n) is 4.13. The molecule has 3 aliphatic rings. The third-order valence-electron chi connectivity index (χ3n) is 5.61. The Morgan fingerprint density at radius 2 is 1.80 bits per heavy atom. The molecule has 1 aromatic rings. The van der Waals surface area contributed by atoms with E-state index >= 15 is 0 Å². The number of thiazole rings is 1. The second kappa shape index (κ2) is 6.92. The van der Waals surface area contributed by atoms with Gasteiger partial charge in [-0.05, 0) is 12.8 Å². The molecule has 8 heteroatoms. The molecule has 0 atom stereocenters. The number of hydrogen-bond acceptors (Lipinski definition) is 6. The standard InChI is InChI=1S/C17H25N5O2S/c23-14-17(5-3-1-2-4-6-17)19-15(24)22(14)13-20-8-10-21(11-9-20)16-18-7-12-25-16/h7,12H,1-6,8-11,13H2,(H,19,24). The van der Waals surface area contributed by atoms with Crippen LogP contribution in [0.3, 0.4) is 0 Å². The van der Waals surface area contributed by atoms with Crippen molar-refractivity contribution < 1.29 is 9.59 Å². The van der Waals surface area contributed by atoms with Crippen LogP contribution in [0.5, 0.6) is 0 Å². The van der Waals surface area contributed by atoms with Gasteiger partial charge in [-0.1, -0.05) is 25.7 Å². The number of hydrogen-bond donors (Lipinski definition) is 1. The molecular weight excluding hydrogens is 338 g/mol. The van der Waals surface area contributed by atoms with E-state index in [1.165, 1.54) is 4.90 Å². The van der Waals surface area contributed by atoms with Gasteiger partial charge >= 0.3 is 6.03 Å². The topological polar surface area (TPSA) is 68.8 Å². The highest BCUT2D eigenvalue weighted by atomic mass is 32.1. The van der Waals surface area contributed by atoms with Gasteiger partial charge in [-0.25, -0.2) is 14.7 Å². The minimum atomic E-state index is -0.629. The van der Waals surface area contributed by atoms with E-state index in [0.29, 0.717) is 6.67 Å². The second-order valence-electron chi connectivity index (χ2n) is 7.22. The van der Waals surface area contributed by atoms with E-state index in [1.807, 2.05) is 11.6 Å². The molecule has 0 bridgehead atoms. The zero-order valence-corrected chi connectivity index (χ0v) is 15.3. The predicted octanol–water partition coefficient (Wildman–Crippen LogP) is 1.87. The zero-order chi connectivity index (χ0) is 17.3. The number of urea groups is 1. The van der Waals surface area contributed by atoms with Crippen LogP contribution in [0.25, 0.3) is 0 Å². The third kappa shape index (κ3) is 3.25. The molecule has 25 heavy (non-hydrogen) atoms. The van der Waals surface area contributed by atoms with E-state index < -0.39 is 5.54 Å². The Morgan fingerprint density at radius 1 is 1.08 bits per heavy atom. The van der Waals surface area contributed by atoms with E-state index in [4.69, 9.17) is 0 Å². The molecular formula is C17H25N5O2S. The van der Waals surface area contributed by atoms with Gasteiger partial charge in [-0.2, -0.15) is 0 Å². The summed E-state index contributed by atoms with van der Waals surface area (Å²) in [7, 11) is 0. The van der Waals surface area contributed by atoms with Crippen LogP contribution >= 0.6 is 11.3 Å². The van der Waals surface area contributed by atoms with Crippen LogP contribution in [0.1, 0.15) is 38.5 Å². The number of carbonyl (C=O) groups excluding carboxylic acids is 2. The van der Waals surface area contributed by atoms with Crippen molar-refractivity contribution in [3.05, 3.63) is 11.6 Å². The Hall–Kier alpha value is -1.67. The largest absolute Gasteiger partial charge is 0.346 e. The fourth-order valence-corrected chi connectivity index (χ4v) is 4.83. The van der Waals surface area contributed by atoms with Crippen LogP contribution in [-0.2, 0) is 4.79 Å². The van der Waals surface area contributed by atoms with Crippen LogP contribution in [0, 0.1) is 0 Å². The van der Waals surface area contributed by atoms with Crippen molar-refractivity contribution in [2.45, 2.75) is 44.1 Å². The molecule has 0 unspecified atom stereocenters. The summed E-state index contributed by atoms with van der Waals surface area (Å²) < 4.78 is 0. The van der Waals surface area contributed by atoms with Gasteiger partial charge in [0.15, 0.2) is 5.13 Å². The lowest BCUT2D eigenvalue weighted by Crippen LogP contribution is -2.52. The Morgan fingerprint density at radius 3 is 2.44 bits per heavy atom. The average Bonchev–Trinajstić information content (AvgIpc) is 3.15. The number of carbonyl (C=O) groups is 2. The van der Waals surface area contributed by atoms with E-state index in [-0.39, 0.29) is 11.9 Å². The Bertz CT molecular complexity index is 619. The van der Waals surface area contributed by atoms with Crippen molar-refractivity contribution >= 4 is 28.4 Å². The van der Waals surface area contributed by atoms with E-state index in [9.17, 15) is 9.59 Å². The number of amides is 3. The number of nitrogens with one attached hydrogen (secondary N) is 1. The quantitative estimate of drug-likeness (QED) is 0.831. The summed E-state index contributed by atoms with van der Waals surface area (Å²) in [5.74, 6) is -0.0123. The number of anilines is 1. The summed E-state index contributed by atoms with van der Waals surface area (Å²) in [6, 6.07) is -0.214. The molecule has 0 aromatic carbocycles. The fraction of sp³-hybridized carbons (Fsp3) is 0.706. The monoisotopic (exact) mass is 363 g/mol. The lowest BCUT2D eigenvalue weighted by atomic mass is 9.90. The highest BCUT2D eigenvalue weighted by Crippen LogP contribution is 2.32. The maximum atomic E-state index is 13.0. The number of nitrogens with zero attached hydrogens (tertiary/aromatic N) is 4. The molecule has 1 aromatic heterocycles. The molecule has 4 rings (SSSR count). The highest BCUT2D eigenvalue weighted by Gasteiger charge is 2.51. The first-order chi connectivity index (χ1) is 12.2. The molecule has 7 nitrogen and oxygen atoms in total. The van der Waals surface area contributed by atoms with Crippen LogP contribution in [0.15, 0.2) is 11.6 Å². The molecule has 3 fully saturated rings. The lowest BCUT2D eigenvalue weighted by Gasteiger charge is -2.36. The van der Waals surface area contributed by atoms with Crippen molar-refractivity contribution in [3.8, 4) is 0 Å². The molecule has 1 N–H and O–H groups in total. The lowest BCUT2D eigenvalue weighted by molar-refractivity contribution is -0.133. The summed E-state index contributed by atoms with van der Waals surface area (Å²) in [5, 5.41) is 6.06. The van der Waals surface area contributed by atoms with Crippen LogP contribution < -0.4 is 10.2 Å². The van der Waals surface area contributed by atoms with Gasteiger partial charge in [-0.3, -0.25) is 9.69 Å². The maximum absolute atomic E-state index is 13.0. The molecule has 2 saturated heterocycles. The van der Waals surface area contributed by atoms with E-state index in [2.05, 4.69) is 20.1 Å². The molecule has 1 saturated carbocycles. The van der Waals surface area contributed by atoms with Gasteiger partial charge in [0.25, 0.3) is 5.91 Å². The van der Waals surface area contributed by atoms with Gasteiger partial charge in [0.1, 0.15) is 5.54 Å². The summed E-state index contributed by atoms with van der Waals surface area (Å²) in [6.07, 6.45) is 7.75. The summed E-state index contributed by atoms with van der Waals surface area (Å²) in [4.78, 5) is 35.7. The molecule has 1 aliphatic carbocycles. The first-order valence-electron chi connectivity index (χ1n) is 9.19. The number of imide groups is 1. The minimum Gasteiger partial charge on any atom is -0.346 e. The molecule has 0 radical (unpaired) electrons. The molecule has 1 spiro atoms. The highest BCUT2D eigenvalue weighted by molar-refractivity contribution is 7.13. The van der Waals surface area contributed by atoms with Crippen molar-refractivity contribution in [1.29, 1.82) is 0 Å². The van der Waals surface area contributed by atoms with Gasteiger partial charge in [-0.15, -0.1) is 11.3 Å². The first kappa shape index (κ1) is 16.8. The van der Waals surface area contributed by atoms with Crippen molar-refractivity contribution in [3.63, 3.8) is 0 Å². The number of piperazine rings is 1. The Labute approximate surface area is 152 Å². The smallest absolute Gasteiger partial charge is 0.326 e. The first-order valence-corrected chi connectivity index (χ1v) is 10.1. The van der Waals surface area contributed by atoms with Gasteiger partial charge in [0.2, 0.25) is 0 Å². The Balaban J connectivity index is 1.36. The van der Waals surface area contributed by atoms with Crippen LogP contribution in [0.2, 0.25) is 0 Å². The predicted molar refractivity (Wildman–Crippen MR) is 96.6 cm³/mol. The molecule has 3 heterocycles. The van der Waals surface area contributed by atoms with Gasteiger partial charge < -0.3 is 10.2 Å². The second-order valence-corrected chi connectivity index (χ2v) is 8.09. The number of aromatic nitrogens is 1. The van der Waals surface area contributed by atoms with Crippen LogP contribution in [-0.4, -0.2) is 65.1 Å². The van der Waals surface area contributed by atoms with E-state index in [1.54, 1.807) is 11.3 Å². The zero-order valence-electron chi connectivity index (χ0n) is 14.4. The maximum Gasteiger partial charge on any atom is 0.326 e. The molecule has 136 valence electrons. The van der Waals surface area contributed by atoms with Crippen LogP contribution in [0.4, 0.5) is 9.93 Å². The Kier molecular flexibility index (Phi) is 4.64. The van der Waals surface area contributed by atoms with Crippen molar-refractivity contribution in [2.24, 2.45) is 0 Å². The minimum absolute atomic E-state index is 0.0123. The molecule has 2 aliphatic heterocycles. The summed E-state index contributed by atoms with van der Waals surface area (Å²) >= 11 is 1.65. The third-order valence-corrected chi connectivity index (χ3v) is 6.44. The normalized spacial score (nSPS) is 24.6. The average molecular weight is 363 g/mol. The van der Waals surface area contributed by atoms with Gasteiger partial charge in [0.05, 0.1) is 6.67 Å². The van der Waals surface area contributed by atoms with Crippen molar-refractivity contribution in [2.75, 3.05) is 37.7 Å². The molecule has 3 amide bonds. The SMILES string of the molecule is O=C1NC2(CCCCCC2)C(=O)N1CN1CCN(c2nccs2)CC1. The van der Waals surface area contributed by atoms with Crippen molar-refractivity contribution in [1.82, 2.24) is 20.1 Å². The van der Waals surface area contributed by atoms with E-state index in [0.717, 1.165) is 69.8 Å². The van der Waals surface area contributed by atoms with Gasteiger partial charge in [0, 0.05) is 37.8 Å². The summed E-state index contributed by atoms with van der Waals surface area (Å²) in [5.41, 5.74) is -0.629. The number of rotatable bonds is 3.